The topological polar surface area (TPSA) is 54.5 Å². The Kier molecular flexibility index (Phi) is 6.00. The standard InChI is InChI=1S/C25H29N3O2/c1-17(2)28-14-8-10-19(28)15-27-25(29)30-23-16-26-24(20-11-5-4-9-18(20)3)22-13-7-6-12-21(22)23/h4-7,9,11-13,16-17,19H,8,10,14-15H2,1-3H3,(H,27,29). The Morgan fingerprint density at radius 2 is 1.90 bits per heavy atom. The first-order valence-corrected chi connectivity index (χ1v) is 10.7. The minimum atomic E-state index is -0.429. The van der Waals surface area contributed by atoms with E-state index in [1.807, 2.05) is 36.4 Å². The number of fused-ring (bicyclic) bond motifs is 1. The van der Waals surface area contributed by atoms with Gasteiger partial charge in [0.2, 0.25) is 0 Å². The molecule has 1 amide bonds. The van der Waals surface area contributed by atoms with E-state index < -0.39 is 6.09 Å². The summed E-state index contributed by atoms with van der Waals surface area (Å²) in [4.78, 5) is 19.6. The Labute approximate surface area is 178 Å². The fourth-order valence-corrected chi connectivity index (χ4v) is 4.40. The zero-order valence-electron chi connectivity index (χ0n) is 17.9. The van der Waals surface area contributed by atoms with Gasteiger partial charge in [-0.2, -0.15) is 0 Å². The van der Waals surface area contributed by atoms with Gasteiger partial charge in [-0.25, -0.2) is 4.79 Å². The summed E-state index contributed by atoms with van der Waals surface area (Å²) in [6.45, 7) is 8.17. The van der Waals surface area contributed by atoms with Crippen molar-refractivity contribution in [1.82, 2.24) is 15.2 Å². The van der Waals surface area contributed by atoms with Gasteiger partial charge in [-0.3, -0.25) is 9.88 Å². The van der Waals surface area contributed by atoms with Gasteiger partial charge in [-0.1, -0.05) is 48.5 Å². The number of hydrogen-bond acceptors (Lipinski definition) is 4. The molecule has 1 aliphatic heterocycles. The summed E-state index contributed by atoms with van der Waals surface area (Å²) >= 11 is 0. The normalized spacial score (nSPS) is 16.9. The van der Waals surface area contributed by atoms with Crippen molar-refractivity contribution < 1.29 is 9.53 Å². The maximum Gasteiger partial charge on any atom is 0.412 e. The minimum Gasteiger partial charge on any atom is -0.408 e. The summed E-state index contributed by atoms with van der Waals surface area (Å²) in [6.07, 6.45) is 3.50. The van der Waals surface area contributed by atoms with E-state index >= 15 is 0 Å². The largest absolute Gasteiger partial charge is 0.412 e. The van der Waals surface area contributed by atoms with E-state index in [0.717, 1.165) is 40.6 Å². The Morgan fingerprint density at radius 1 is 1.17 bits per heavy atom. The van der Waals surface area contributed by atoms with Gasteiger partial charge in [-0.15, -0.1) is 0 Å². The van der Waals surface area contributed by atoms with Crippen molar-refractivity contribution in [3.63, 3.8) is 0 Å². The van der Waals surface area contributed by atoms with Crippen molar-refractivity contribution >= 4 is 16.9 Å². The molecule has 1 atom stereocenters. The van der Waals surface area contributed by atoms with E-state index in [0.29, 0.717) is 24.4 Å². The molecule has 30 heavy (non-hydrogen) atoms. The van der Waals surface area contributed by atoms with Crippen LogP contribution in [0.3, 0.4) is 0 Å². The molecule has 0 saturated carbocycles. The fourth-order valence-electron chi connectivity index (χ4n) is 4.40. The first-order chi connectivity index (χ1) is 14.5. The van der Waals surface area contributed by atoms with Crippen LogP contribution in [0.15, 0.2) is 54.7 Å². The molecule has 0 spiro atoms. The summed E-state index contributed by atoms with van der Waals surface area (Å²) in [5.41, 5.74) is 3.14. The molecule has 0 radical (unpaired) electrons. The van der Waals surface area contributed by atoms with Gasteiger partial charge in [0.1, 0.15) is 0 Å². The van der Waals surface area contributed by atoms with E-state index in [4.69, 9.17) is 4.74 Å². The average molecular weight is 404 g/mol. The molecule has 1 unspecified atom stereocenters. The molecule has 4 rings (SSSR count). The van der Waals surface area contributed by atoms with Crippen molar-refractivity contribution in [2.45, 2.75) is 45.7 Å². The predicted octanol–water partition coefficient (Wildman–Crippen LogP) is 5.17. The van der Waals surface area contributed by atoms with Crippen molar-refractivity contribution in [3.05, 3.63) is 60.3 Å². The van der Waals surface area contributed by atoms with Crippen molar-refractivity contribution in [2.24, 2.45) is 0 Å². The number of benzene rings is 2. The Hall–Kier alpha value is -2.92. The molecule has 1 saturated heterocycles. The molecule has 1 aliphatic rings. The third kappa shape index (κ3) is 4.17. The maximum absolute atomic E-state index is 12.5. The molecule has 1 aromatic heterocycles. The van der Waals surface area contributed by atoms with E-state index in [-0.39, 0.29) is 0 Å². The van der Waals surface area contributed by atoms with Gasteiger partial charge in [0.15, 0.2) is 5.75 Å². The van der Waals surface area contributed by atoms with E-state index in [1.54, 1.807) is 6.20 Å². The number of amides is 1. The zero-order chi connectivity index (χ0) is 21.1. The van der Waals surface area contributed by atoms with Crippen LogP contribution in [0, 0.1) is 6.92 Å². The van der Waals surface area contributed by atoms with Crippen LogP contribution in [-0.2, 0) is 0 Å². The third-order valence-electron chi connectivity index (χ3n) is 5.93. The molecule has 1 N–H and O–H groups in total. The molecule has 5 nitrogen and oxygen atoms in total. The Morgan fingerprint density at radius 3 is 2.67 bits per heavy atom. The number of ether oxygens (including phenoxy) is 1. The highest BCUT2D eigenvalue weighted by molar-refractivity contribution is 5.99. The third-order valence-corrected chi connectivity index (χ3v) is 5.93. The van der Waals surface area contributed by atoms with Gasteiger partial charge in [-0.05, 0) is 45.7 Å². The van der Waals surface area contributed by atoms with Gasteiger partial charge in [0, 0.05) is 35.0 Å². The first kappa shape index (κ1) is 20.4. The lowest BCUT2D eigenvalue weighted by atomic mass is 10.00. The second-order valence-corrected chi connectivity index (χ2v) is 8.23. The van der Waals surface area contributed by atoms with Crippen LogP contribution in [-0.4, -0.2) is 41.2 Å². The number of carbonyl (C=O) groups excluding carboxylic acids is 1. The zero-order valence-corrected chi connectivity index (χ0v) is 17.9. The van der Waals surface area contributed by atoms with Gasteiger partial charge >= 0.3 is 6.09 Å². The molecule has 5 heteroatoms. The van der Waals surface area contributed by atoms with Gasteiger partial charge in [0.25, 0.3) is 0 Å². The molecular weight excluding hydrogens is 374 g/mol. The average Bonchev–Trinajstić information content (AvgIpc) is 3.22. The number of hydrogen-bond donors (Lipinski definition) is 1. The smallest absolute Gasteiger partial charge is 0.408 e. The summed E-state index contributed by atoms with van der Waals surface area (Å²) < 4.78 is 5.67. The second-order valence-electron chi connectivity index (χ2n) is 8.23. The number of carbonyl (C=O) groups is 1. The number of pyridine rings is 1. The molecule has 1 fully saturated rings. The lowest BCUT2D eigenvalue weighted by molar-refractivity contribution is 0.180. The van der Waals surface area contributed by atoms with Gasteiger partial charge < -0.3 is 10.1 Å². The van der Waals surface area contributed by atoms with E-state index in [1.165, 1.54) is 6.42 Å². The minimum absolute atomic E-state index is 0.371. The van der Waals surface area contributed by atoms with Crippen LogP contribution in [0.4, 0.5) is 4.79 Å². The summed E-state index contributed by atoms with van der Waals surface area (Å²) in [5, 5.41) is 4.80. The lowest BCUT2D eigenvalue weighted by Crippen LogP contribution is -2.43. The van der Waals surface area contributed by atoms with E-state index in [2.05, 4.69) is 48.1 Å². The number of aryl methyl sites for hydroxylation is 1. The molecule has 3 aromatic rings. The first-order valence-electron chi connectivity index (χ1n) is 10.7. The quantitative estimate of drug-likeness (QED) is 0.638. The number of nitrogens with zero attached hydrogens (tertiary/aromatic N) is 2. The molecule has 0 bridgehead atoms. The number of nitrogens with one attached hydrogen (secondary N) is 1. The van der Waals surface area contributed by atoms with Crippen LogP contribution < -0.4 is 10.1 Å². The number of likely N-dealkylation sites (tertiary alicyclic amines) is 1. The maximum atomic E-state index is 12.5. The van der Waals surface area contributed by atoms with E-state index in [9.17, 15) is 4.79 Å². The Balaban J connectivity index is 1.53. The second kappa shape index (κ2) is 8.84. The van der Waals surface area contributed by atoms with Crippen LogP contribution in [0.25, 0.3) is 22.0 Å². The van der Waals surface area contributed by atoms with Crippen molar-refractivity contribution in [1.29, 1.82) is 0 Å². The molecular formula is C25H29N3O2. The van der Waals surface area contributed by atoms with Gasteiger partial charge in [0.05, 0.1) is 11.9 Å². The SMILES string of the molecule is Cc1ccccc1-c1ncc(OC(=O)NCC2CCCN2C(C)C)c2ccccc12. The highest BCUT2D eigenvalue weighted by Gasteiger charge is 2.27. The summed E-state index contributed by atoms with van der Waals surface area (Å²) in [5.74, 6) is 0.479. The molecule has 2 heterocycles. The summed E-state index contributed by atoms with van der Waals surface area (Å²) in [7, 11) is 0. The van der Waals surface area contributed by atoms with Crippen LogP contribution in [0.1, 0.15) is 32.3 Å². The highest BCUT2D eigenvalue weighted by atomic mass is 16.6. The van der Waals surface area contributed by atoms with Crippen molar-refractivity contribution in [2.75, 3.05) is 13.1 Å². The number of aromatic nitrogens is 1. The highest BCUT2D eigenvalue weighted by Crippen LogP contribution is 2.33. The lowest BCUT2D eigenvalue weighted by Gasteiger charge is -2.28. The fraction of sp³-hybridized carbons (Fsp3) is 0.360. The van der Waals surface area contributed by atoms with Crippen molar-refractivity contribution in [3.8, 4) is 17.0 Å². The molecule has 156 valence electrons. The molecule has 2 aromatic carbocycles. The predicted molar refractivity (Wildman–Crippen MR) is 121 cm³/mol. The van der Waals surface area contributed by atoms with Crippen LogP contribution in [0.2, 0.25) is 0 Å². The monoisotopic (exact) mass is 403 g/mol. The molecule has 0 aliphatic carbocycles. The van der Waals surface area contributed by atoms with Crippen LogP contribution in [0.5, 0.6) is 5.75 Å². The number of rotatable bonds is 5. The van der Waals surface area contributed by atoms with Crippen LogP contribution >= 0.6 is 0 Å². The Bertz CT molecular complexity index is 1050. The summed E-state index contributed by atoms with van der Waals surface area (Å²) in [6, 6.07) is 17.0.